The Morgan fingerprint density at radius 3 is 2.31 bits per heavy atom. The molecule has 3 aromatic rings. The molecule has 0 aromatic heterocycles. The van der Waals surface area contributed by atoms with Gasteiger partial charge in [0.1, 0.15) is 5.75 Å². The highest BCUT2D eigenvalue weighted by Crippen LogP contribution is 2.37. The summed E-state index contributed by atoms with van der Waals surface area (Å²) in [5.41, 5.74) is 1.75. The average molecular weight is 435 g/mol. The number of carbonyl (C=O) groups excluding carboxylic acids is 1. The molecule has 0 bridgehead atoms. The van der Waals surface area contributed by atoms with Crippen LogP contribution in [0.25, 0.3) is 10.8 Å². The van der Waals surface area contributed by atoms with Gasteiger partial charge in [0.25, 0.3) is 0 Å². The Kier molecular flexibility index (Phi) is 6.99. The molecule has 0 aliphatic heterocycles. The largest absolute Gasteiger partial charge is 0.423 e. The van der Waals surface area contributed by atoms with Gasteiger partial charge in [0, 0.05) is 0 Å². The molecule has 0 radical (unpaired) electrons. The summed E-state index contributed by atoms with van der Waals surface area (Å²) in [6.07, 6.45) is 11.7. The molecule has 166 valence electrons. The van der Waals surface area contributed by atoms with Gasteiger partial charge in [-0.25, -0.2) is 13.6 Å². The first-order chi connectivity index (χ1) is 15.5. The van der Waals surface area contributed by atoms with Crippen molar-refractivity contribution in [3.05, 3.63) is 89.5 Å². The van der Waals surface area contributed by atoms with Gasteiger partial charge in [-0.1, -0.05) is 30.4 Å². The van der Waals surface area contributed by atoms with Crippen LogP contribution in [-0.2, 0) is 0 Å². The van der Waals surface area contributed by atoms with Crippen LogP contribution in [0.1, 0.15) is 67.3 Å². The van der Waals surface area contributed by atoms with Crippen LogP contribution >= 0.6 is 0 Å². The van der Waals surface area contributed by atoms with Crippen LogP contribution in [-0.4, -0.2) is 5.97 Å². The number of allylic oxidation sites excluding steroid dienone is 2. The minimum Gasteiger partial charge on any atom is -0.423 e. The van der Waals surface area contributed by atoms with Gasteiger partial charge in [-0.05, 0) is 110 Å². The lowest BCUT2D eigenvalue weighted by Gasteiger charge is -2.28. The molecular weight excluding hydrogens is 406 g/mol. The maximum Gasteiger partial charge on any atom is 0.343 e. The third-order valence-corrected chi connectivity index (χ3v) is 6.50. The van der Waals surface area contributed by atoms with Crippen LogP contribution < -0.4 is 4.74 Å². The minimum absolute atomic E-state index is 0.300. The first-order valence-corrected chi connectivity index (χ1v) is 11.4. The number of hydrogen-bond acceptors (Lipinski definition) is 2. The zero-order valence-electron chi connectivity index (χ0n) is 18.3. The quantitative estimate of drug-likeness (QED) is 0.223. The van der Waals surface area contributed by atoms with E-state index in [0.717, 1.165) is 18.1 Å². The number of halogens is 2. The first kappa shape index (κ1) is 22.2. The van der Waals surface area contributed by atoms with Crippen molar-refractivity contribution in [1.29, 1.82) is 0 Å². The Hall–Kier alpha value is -3.01. The van der Waals surface area contributed by atoms with E-state index in [0.29, 0.717) is 28.0 Å². The van der Waals surface area contributed by atoms with Gasteiger partial charge in [0.2, 0.25) is 0 Å². The van der Waals surface area contributed by atoms with E-state index >= 15 is 0 Å². The Morgan fingerprint density at radius 2 is 1.62 bits per heavy atom. The molecule has 2 nitrogen and oxygen atoms in total. The summed E-state index contributed by atoms with van der Waals surface area (Å²) in [5, 5.41) is 1.02. The lowest BCUT2D eigenvalue weighted by Crippen LogP contribution is -2.14. The molecule has 0 amide bonds. The fourth-order valence-electron chi connectivity index (χ4n) is 4.62. The van der Waals surface area contributed by atoms with Crippen molar-refractivity contribution in [2.75, 3.05) is 0 Å². The fourth-order valence-corrected chi connectivity index (χ4v) is 4.62. The monoisotopic (exact) mass is 434 g/mol. The molecule has 1 aliphatic carbocycles. The SMILES string of the molecule is C/C=C/CCC1CCC(c2ccc(C(=O)Oc3ccc4cc(F)c(F)cc4c3)cc2)CC1. The van der Waals surface area contributed by atoms with Crippen molar-refractivity contribution in [1.82, 2.24) is 0 Å². The first-order valence-electron chi connectivity index (χ1n) is 11.4. The molecule has 4 heteroatoms. The molecule has 0 heterocycles. The maximum absolute atomic E-state index is 13.5. The van der Waals surface area contributed by atoms with Gasteiger partial charge in [-0.15, -0.1) is 0 Å². The maximum atomic E-state index is 13.5. The Morgan fingerprint density at radius 1 is 0.938 bits per heavy atom. The molecule has 0 saturated heterocycles. The number of rotatable bonds is 6. The number of hydrogen-bond donors (Lipinski definition) is 0. The van der Waals surface area contributed by atoms with E-state index in [9.17, 15) is 13.6 Å². The molecule has 1 saturated carbocycles. The van der Waals surface area contributed by atoms with Crippen LogP contribution in [0.15, 0.2) is 66.7 Å². The molecule has 1 aliphatic rings. The van der Waals surface area contributed by atoms with Crippen LogP contribution in [0.5, 0.6) is 5.75 Å². The molecular formula is C28H28F2O2. The van der Waals surface area contributed by atoms with E-state index < -0.39 is 17.6 Å². The molecule has 4 rings (SSSR count). The van der Waals surface area contributed by atoms with Crippen LogP contribution in [0.3, 0.4) is 0 Å². The molecule has 0 unspecified atom stereocenters. The number of carbonyl (C=O) groups is 1. The van der Waals surface area contributed by atoms with Crippen molar-refractivity contribution in [3.63, 3.8) is 0 Å². The van der Waals surface area contributed by atoms with E-state index in [4.69, 9.17) is 4.74 Å². The van der Waals surface area contributed by atoms with E-state index in [1.54, 1.807) is 18.2 Å². The Bertz CT molecular complexity index is 1110. The Balaban J connectivity index is 1.36. The molecule has 0 N–H and O–H groups in total. The zero-order chi connectivity index (χ0) is 22.5. The summed E-state index contributed by atoms with van der Waals surface area (Å²) in [7, 11) is 0. The average Bonchev–Trinajstić information content (AvgIpc) is 2.81. The second-order valence-corrected chi connectivity index (χ2v) is 8.65. The van der Waals surface area contributed by atoms with E-state index in [2.05, 4.69) is 19.1 Å². The highest BCUT2D eigenvalue weighted by atomic mass is 19.2. The molecule has 0 spiro atoms. The normalized spacial score (nSPS) is 18.8. The van der Waals surface area contributed by atoms with Crippen LogP contribution in [0.2, 0.25) is 0 Å². The van der Waals surface area contributed by atoms with Gasteiger partial charge in [0.05, 0.1) is 5.56 Å². The summed E-state index contributed by atoms with van der Waals surface area (Å²) in [5.74, 6) is -0.620. The van der Waals surface area contributed by atoms with Crippen molar-refractivity contribution < 1.29 is 18.3 Å². The third-order valence-electron chi connectivity index (χ3n) is 6.50. The molecule has 3 aromatic carbocycles. The minimum atomic E-state index is -0.927. The molecule has 0 atom stereocenters. The van der Waals surface area contributed by atoms with Gasteiger partial charge >= 0.3 is 5.97 Å². The summed E-state index contributed by atoms with van der Waals surface area (Å²) in [6, 6.07) is 14.6. The summed E-state index contributed by atoms with van der Waals surface area (Å²) in [6.45, 7) is 2.07. The number of ether oxygens (including phenoxy) is 1. The predicted octanol–water partition coefficient (Wildman–Crippen LogP) is 7.97. The highest BCUT2D eigenvalue weighted by Gasteiger charge is 2.22. The van der Waals surface area contributed by atoms with Crippen molar-refractivity contribution in [3.8, 4) is 5.75 Å². The number of fused-ring (bicyclic) bond motifs is 1. The van der Waals surface area contributed by atoms with Gasteiger partial charge < -0.3 is 4.74 Å². The topological polar surface area (TPSA) is 26.3 Å². The van der Waals surface area contributed by atoms with Gasteiger partial charge in [-0.2, -0.15) is 0 Å². The summed E-state index contributed by atoms with van der Waals surface area (Å²) >= 11 is 0. The van der Waals surface area contributed by atoms with Gasteiger partial charge in [-0.3, -0.25) is 0 Å². The second-order valence-electron chi connectivity index (χ2n) is 8.65. The lowest BCUT2D eigenvalue weighted by atomic mass is 9.77. The molecule has 1 fully saturated rings. The van der Waals surface area contributed by atoms with E-state index in [1.165, 1.54) is 44.1 Å². The molecule has 32 heavy (non-hydrogen) atoms. The smallest absolute Gasteiger partial charge is 0.343 e. The third kappa shape index (κ3) is 5.24. The van der Waals surface area contributed by atoms with Gasteiger partial charge in [0.15, 0.2) is 11.6 Å². The van der Waals surface area contributed by atoms with Crippen molar-refractivity contribution in [2.45, 2.75) is 51.4 Å². The predicted molar refractivity (Wildman–Crippen MR) is 124 cm³/mol. The van der Waals surface area contributed by atoms with Crippen molar-refractivity contribution >= 4 is 16.7 Å². The van der Waals surface area contributed by atoms with Crippen LogP contribution in [0.4, 0.5) is 8.78 Å². The van der Waals surface area contributed by atoms with E-state index in [-0.39, 0.29) is 0 Å². The highest BCUT2D eigenvalue weighted by molar-refractivity contribution is 5.92. The number of esters is 1. The fraction of sp³-hybridized carbons (Fsp3) is 0.321. The van der Waals surface area contributed by atoms with Crippen molar-refractivity contribution in [2.24, 2.45) is 5.92 Å². The second kappa shape index (κ2) is 10.1. The van der Waals surface area contributed by atoms with E-state index in [1.807, 2.05) is 24.3 Å². The summed E-state index contributed by atoms with van der Waals surface area (Å²) in [4.78, 5) is 12.6. The van der Waals surface area contributed by atoms with Crippen LogP contribution in [0, 0.1) is 17.6 Å². The Labute approximate surface area is 187 Å². The standard InChI is InChI=1S/C28H28F2O2/c1-2-3-4-5-19-6-8-20(9-7-19)21-10-12-22(13-11-21)28(31)32-25-15-14-23-17-26(29)27(30)18-24(23)16-25/h2-3,10-20H,4-9H2,1H3/b3-2+. The summed E-state index contributed by atoms with van der Waals surface area (Å²) < 4.78 is 32.3. The zero-order valence-corrected chi connectivity index (χ0v) is 18.3. The number of benzene rings is 3. The lowest BCUT2D eigenvalue weighted by molar-refractivity contribution is 0.0735.